The zero-order valence-corrected chi connectivity index (χ0v) is 43.9. The Morgan fingerprint density at radius 2 is 0.507 bits per heavy atom. The third-order valence-corrected chi connectivity index (χ3v) is 9.83. The van der Waals surface area contributed by atoms with Crippen LogP contribution in [0.3, 0.4) is 0 Å². The van der Waals surface area contributed by atoms with Crippen LogP contribution in [0.1, 0.15) is 0 Å². The molecule has 0 aromatic heterocycles. The van der Waals surface area contributed by atoms with Crippen molar-refractivity contribution in [3.05, 3.63) is 194 Å². The summed E-state index contributed by atoms with van der Waals surface area (Å²) in [6.07, 6.45) is 0. The van der Waals surface area contributed by atoms with E-state index in [1.807, 2.05) is 0 Å². The van der Waals surface area contributed by atoms with Gasteiger partial charge in [0.25, 0.3) is 22.8 Å². The summed E-state index contributed by atoms with van der Waals surface area (Å²) in [5.41, 5.74) is -4.61. The standard InChI is InChI=1S/4C6H5Cl2N5O3.3Pt/c4*7-3-4(13(15)16)2(1-11-5(3)8)6(14)12(9)10;;;/h4*9-10H,1H2,(H,11,14);;;/q4*-2;3*+4/p-4. The maximum Gasteiger partial charge on any atom is 4.00 e. The molecule has 0 fully saturated rings. The second-order valence-electron chi connectivity index (χ2n) is 10.6. The first kappa shape index (κ1) is 67.9. The second-order valence-corrected chi connectivity index (χ2v) is 13.5. The van der Waals surface area contributed by atoms with Gasteiger partial charge in [-0.15, -0.1) is 46.4 Å². The van der Waals surface area contributed by atoms with Crippen molar-refractivity contribution >= 4 is 116 Å². The van der Waals surface area contributed by atoms with E-state index in [1.54, 1.807) is 0 Å². The van der Waals surface area contributed by atoms with Crippen molar-refractivity contribution in [2.45, 2.75) is 0 Å². The van der Waals surface area contributed by atoms with Crippen LogP contribution in [0.4, 0.5) is 0 Å². The van der Waals surface area contributed by atoms with E-state index >= 15 is 0 Å². The molecule has 0 saturated heterocycles. The van der Waals surface area contributed by atoms with Crippen LogP contribution >= 0.6 is 92.8 Å². The Balaban J connectivity index is -0.000000803. The van der Waals surface area contributed by atoms with Crippen molar-refractivity contribution in [3.63, 3.8) is 0 Å². The van der Waals surface area contributed by atoms with Crippen LogP contribution < -0.4 is 0 Å². The molecule has 0 bridgehead atoms. The summed E-state index contributed by atoms with van der Waals surface area (Å²) in [6.45, 7) is -1.51. The molecule has 0 aliphatic carbocycles. The zero-order chi connectivity index (χ0) is 49.8. The normalized spacial score (nSPS) is 15.3. The van der Waals surface area contributed by atoms with E-state index in [0.29, 0.717) is 0 Å². The number of allylic oxidation sites excluding steroid dienone is 4. The van der Waals surface area contributed by atoms with Crippen molar-refractivity contribution in [3.8, 4) is 0 Å². The molecule has 0 aromatic carbocycles. The van der Waals surface area contributed by atoms with E-state index in [1.165, 1.54) is 0 Å². The fraction of sp³-hybridized carbons (Fsp3) is 0.167. The number of nitrogens with one attached hydrogen (secondary N) is 8. The molecule has 0 spiro atoms. The van der Waals surface area contributed by atoms with Crippen LogP contribution in [0.25, 0.3) is 68.0 Å². The molecule has 0 saturated carbocycles. The molecule has 0 aromatic rings. The number of carbonyl (C=O) groups is 4. The van der Waals surface area contributed by atoms with E-state index in [-0.39, 0.29) is 130 Å². The van der Waals surface area contributed by atoms with Gasteiger partial charge in [0.2, 0.25) is 23.6 Å². The summed E-state index contributed by atoms with van der Waals surface area (Å²) in [6, 6.07) is 0. The van der Waals surface area contributed by atoms with Gasteiger partial charge < -0.3 is 88.5 Å². The molecular weight excluding hydrogens is 1630 g/mol. The average Bonchev–Trinajstić information content (AvgIpc) is 3.20. The molecule has 370 valence electrons. The zero-order valence-electron chi connectivity index (χ0n) is 31.1. The predicted octanol–water partition coefficient (Wildman–Crippen LogP) is 9.25. The Morgan fingerprint density at radius 3 is 0.612 bits per heavy atom. The van der Waals surface area contributed by atoms with Crippen LogP contribution in [-0.2, 0) is 82.4 Å². The first-order chi connectivity index (χ1) is 29.4. The van der Waals surface area contributed by atoms with E-state index in [2.05, 4.69) is 21.3 Å². The van der Waals surface area contributed by atoms with Crippen LogP contribution in [-0.4, -0.2) is 90.0 Å². The Morgan fingerprint density at radius 1 is 0.373 bits per heavy atom. The third kappa shape index (κ3) is 18.2. The van der Waals surface area contributed by atoms with Gasteiger partial charge >= 0.3 is 63.2 Å². The fourth-order valence-electron chi connectivity index (χ4n) is 4.07. The molecular formula is C24H16Cl8N20O12Pt3. The van der Waals surface area contributed by atoms with Gasteiger partial charge in [-0.3, -0.25) is 59.6 Å². The van der Waals surface area contributed by atoms with Gasteiger partial charge in [-0.25, -0.2) is 0 Å². The topological polar surface area (TPSA) is 501 Å². The Hall–Kier alpha value is -3.34. The summed E-state index contributed by atoms with van der Waals surface area (Å²) < 4.78 is 0. The smallest absolute Gasteiger partial charge is 0.669 e. The van der Waals surface area contributed by atoms with Crippen LogP contribution in [0, 0.1) is 40.5 Å². The molecule has 0 unspecified atom stereocenters. The van der Waals surface area contributed by atoms with Gasteiger partial charge in [-0.1, -0.05) is 72.6 Å². The maximum absolute atomic E-state index is 11.3. The molecule has 4 aliphatic rings. The van der Waals surface area contributed by atoms with Crippen molar-refractivity contribution < 1.29 is 102 Å². The van der Waals surface area contributed by atoms with E-state index in [9.17, 15) is 59.6 Å². The Bertz CT molecular complexity index is 2000. The largest absolute Gasteiger partial charge is 4.00 e. The molecule has 4 amide bonds. The molecule has 32 nitrogen and oxygen atoms in total. The fourth-order valence-corrected chi connectivity index (χ4v) is 5.64. The molecule has 4 rings (SSSR count). The van der Waals surface area contributed by atoms with Crippen LogP contribution in [0.5, 0.6) is 0 Å². The third-order valence-electron chi connectivity index (χ3n) is 6.78. The molecule has 67 heavy (non-hydrogen) atoms. The number of nitro groups is 4. The Kier molecular flexibility index (Phi) is 30.7. The quantitative estimate of drug-likeness (QED) is 0.125. The van der Waals surface area contributed by atoms with Gasteiger partial charge in [0.15, 0.2) is 0 Å². The van der Waals surface area contributed by atoms with E-state index in [4.69, 9.17) is 140 Å². The van der Waals surface area contributed by atoms with Crippen molar-refractivity contribution in [1.29, 1.82) is 0 Å². The molecule has 8 N–H and O–H groups in total. The monoisotopic (exact) mass is 1640 g/mol. The minimum Gasteiger partial charge on any atom is -0.669 e. The molecule has 4 aliphatic heterocycles. The van der Waals surface area contributed by atoms with Gasteiger partial charge in [-0.05, 0) is 20.6 Å². The number of amides is 4. The number of rotatable bonds is 8. The summed E-state index contributed by atoms with van der Waals surface area (Å²) >= 11 is 44.0. The van der Waals surface area contributed by atoms with Gasteiger partial charge in [0.05, 0.1) is 42.0 Å². The first-order valence-corrected chi connectivity index (χ1v) is 18.0. The minimum absolute atomic E-state index is 0. The SMILES string of the molecule is [NH-]N([NH-])C(=O)C1=C([N+](=O)[O-])C(Cl)=C(Cl)[N-]C1.[NH-]N([NH-])C(=O)C1=C([N+](=O)[O-])C(Cl)=C(Cl)[N-]C1.[NH-]N([NH-])C(=O)C1=C([N+](=O)[O-])C(Cl)=C(Cl)[N-]C1.[NH-]N([NH-])C(=O)C1=C([N+](=O)[O-])C(Cl)=C(Cl)[N-]C1.[Pt+4].[Pt+4].[Pt+4]. The summed E-state index contributed by atoms with van der Waals surface area (Å²) in [5, 5.41) is 52.9. The minimum atomic E-state index is -1.17. The summed E-state index contributed by atoms with van der Waals surface area (Å²) in [4.78, 5) is 84.2. The van der Waals surface area contributed by atoms with E-state index in [0.717, 1.165) is 0 Å². The average molecular weight is 1650 g/mol. The van der Waals surface area contributed by atoms with Gasteiger partial charge in [0.1, 0.15) is 20.1 Å². The predicted molar refractivity (Wildman–Crippen MR) is 226 cm³/mol. The van der Waals surface area contributed by atoms with Crippen molar-refractivity contribution in [2.75, 3.05) is 26.2 Å². The van der Waals surface area contributed by atoms with Gasteiger partial charge in [-0.2, -0.15) is 0 Å². The van der Waals surface area contributed by atoms with Crippen molar-refractivity contribution in [2.24, 2.45) is 0 Å². The molecule has 4 heterocycles. The summed E-state index contributed by atoms with van der Waals surface area (Å²) in [7, 11) is 0. The maximum atomic E-state index is 11.3. The van der Waals surface area contributed by atoms with Crippen LogP contribution in [0.2, 0.25) is 0 Å². The number of hydrogen-bond donors (Lipinski definition) is 0. The van der Waals surface area contributed by atoms with Crippen molar-refractivity contribution in [1.82, 2.24) is 20.5 Å². The first-order valence-electron chi connectivity index (χ1n) is 14.9. The number of carbonyl (C=O) groups excluding carboxylic acids is 4. The van der Waals surface area contributed by atoms with Gasteiger partial charge in [0, 0.05) is 0 Å². The number of halogens is 8. The molecule has 43 heteroatoms. The Labute approximate surface area is 455 Å². The summed E-state index contributed by atoms with van der Waals surface area (Å²) in [5.74, 6) is 49.1. The van der Waals surface area contributed by atoms with Crippen LogP contribution in [0.15, 0.2) is 85.8 Å². The molecule has 0 radical (unpaired) electrons. The number of nitrogens with zero attached hydrogens (tertiary/aromatic N) is 12. The number of hydrogen-bond acceptors (Lipinski definition) is 12. The molecule has 0 atom stereocenters. The second kappa shape index (κ2) is 30.3. The van der Waals surface area contributed by atoms with E-state index < -0.39 is 109 Å².